The van der Waals surface area contributed by atoms with Crippen molar-refractivity contribution in [2.75, 3.05) is 20.1 Å². The van der Waals surface area contributed by atoms with Gasteiger partial charge in [0.15, 0.2) is 0 Å². The van der Waals surface area contributed by atoms with E-state index in [1.807, 2.05) is 12.1 Å². The van der Waals surface area contributed by atoms with Gasteiger partial charge >= 0.3 is 0 Å². The largest absolute Gasteiger partial charge is 0.508 e. The highest BCUT2D eigenvalue weighted by atomic mass is 16.3. The lowest BCUT2D eigenvalue weighted by Crippen LogP contribution is -2.49. The number of rotatable bonds is 1. The monoisotopic (exact) mass is 206 g/mol. The summed E-state index contributed by atoms with van der Waals surface area (Å²) in [6.45, 7) is 4.19. The first-order valence-electron chi connectivity index (χ1n) is 5.40. The Balaban J connectivity index is 2.22. The van der Waals surface area contributed by atoms with Gasteiger partial charge in [0.2, 0.25) is 0 Å². The van der Waals surface area contributed by atoms with Crippen LogP contribution in [-0.2, 0) is 0 Å². The topological polar surface area (TPSA) is 35.5 Å². The van der Waals surface area contributed by atoms with Gasteiger partial charge in [-0.3, -0.25) is 4.90 Å². The molecule has 0 saturated carbocycles. The van der Waals surface area contributed by atoms with E-state index in [9.17, 15) is 5.11 Å². The molecule has 0 bridgehead atoms. The molecule has 0 spiro atoms. The lowest BCUT2D eigenvalue weighted by molar-refractivity contribution is 0.141. The number of phenolic OH excluding ortho intramolecular Hbond substituents is 1. The van der Waals surface area contributed by atoms with Gasteiger partial charge in [0.05, 0.1) is 0 Å². The van der Waals surface area contributed by atoms with Crippen molar-refractivity contribution >= 4 is 0 Å². The van der Waals surface area contributed by atoms with Crippen molar-refractivity contribution < 1.29 is 5.11 Å². The average Bonchev–Trinajstić information content (AvgIpc) is 2.22. The second-order valence-electron chi connectivity index (χ2n) is 4.28. The number of nitrogens with zero attached hydrogens (tertiary/aromatic N) is 1. The Morgan fingerprint density at radius 1 is 1.40 bits per heavy atom. The third-order valence-electron chi connectivity index (χ3n) is 3.22. The Labute approximate surface area is 90.7 Å². The van der Waals surface area contributed by atoms with Gasteiger partial charge in [-0.2, -0.15) is 0 Å². The van der Waals surface area contributed by atoms with E-state index in [1.165, 1.54) is 5.56 Å². The van der Waals surface area contributed by atoms with Crippen LogP contribution in [-0.4, -0.2) is 36.2 Å². The zero-order valence-corrected chi connectivity index (χ0v) is 9.27. The molecule has 2 N–H and O–H groups in total. The van der Waals surface area contributed by atoms with Crippen LogP contribution in [0.2, 0.25) is 0 Å². The number of piperazine rings is 1. The molecule has 1 aromatic carbocycles. The Bertz CT molecular complexity index is 340. The number of hydrogen-bond donors (Lipinski definition) is 2. The van der Waals surface area contributed by atoms with Gasteiger partial charge in [0.25, 0.3) is 0 Å². The summed E-state index contributed by atoms with van der Waals surface area (Å²) >= 11 is 0. The first kappa shape index (κ1) is 10.5. The Kier molecular flexibility index (Phi) is 2.93. The smallest absolute Gasteiger partial charge is 0.115 e. The average molecular weight is 206 g/mol. The SMILES string of the molecule is C[C@H]1CNCC(c2cccc(O)c2)N1C. The number of aromatic hydroxyl groups is 1. The summed E-state index contributed by atoms with van der Waals surface area (Å²) in [4.78, 5) is 2.35. The number of nitrogens with one attached hydrogen (secondary N) is 1. The van der Waals surface area contributed by atoms with Gasteiger partial charge in [-0.15, -0.1) is 0 Å². The second kappa shape index (κ2) is 4.21. The minimum atomic E-state index is 0.346. The van der Waals surface area contributed by atoms with Crippen molar-refractivity contribution in [3.8, 4) is 5.75 Å². The highest BCUT2D eigenvalue weighted by molar-refractivity contribution is 5.30. The molecular weight excluding hydrogens is 188 g/mol. The molecule has 1 aliphatic heterocycles. The zero-order valence-electron chi connectivity index (χ0n) is 9.27. The van der Waals surface area contributed by atoms with Crippen LogP contribution < -0.4 is 5.32 Å². The third-order valence-corrected chi connectivity index (χ3v) is 3.22. The van der Waals surface area contributed by atoms with Crippen molar-refractivity contribution in [2.45, 2.75) is 19.0 Å². The molecule has 2 rings (SSSR count). The van der Waals surface area contributed by atoms with E-state index in [4.69, 9.17) is 0 Å². The molecule has 1 aliphatic rings. The molecule has 1 fully saturated rings. The summed E-state index contributed by atoms with van der Waals surface area (Å²) in [7, 11) is 2.14. The molecule has 3 nitrogen and oxygen atoms in total. The Hall–Kier alpha value is -1.06. The van der Waals surface area contributed by atoms with Crippen molar-refractivity contribution in [3.05, 3.63) is 29.8 Å². The van der Waals surface area contributed by atoms with Crippen LogP contribution in [0.4, 0.5) is 0 Å². The van der Waals surface area contributed by atoms with Crippen molar-refractivity contribution in [2.24, 2.45) is 0 Å². The van der Waals surface area contributed by atoms with E-state index >= 15 is 0 Å². The predicted molar refractivity (Wildman–Crippen MR) is 60.9 cm³/mol. The number of hydrogen-bond acceptors (Lipinski definition) is 3. The highest BCUT2D eigenvalue weighted by Crippen LogP contribution is 2.25. The maximum atomic E-state index is 9.46. The van der Waals surface area contributed by atoms with E-state index < -0.39 is 0 Å². The molecule has 1 saturated heterocycles. The quantitative estimate of drug-likeness (QED) is 0.728. The minimum Gasteiger partial charge on any atom is -0.508 e. The first-order chi connectivity index (χ1) is 7.18. The summed E-state index contributed by atoms with van der Waals surface area (Å²) in [5, 5.41) is 12.9. The second-order valence-corrected chi connectivity index (χ2v) is 4.28. The minimum absolute atomic E-state index is 0.346. The Morgan fingerprint density at radius 2 is 2.20 bits per heavy atom. The van der Waals surface area contributed by atoms with Crippen LogP contribution in [0.3, 0.4) is 0 Å². The Morgan fingerprint density at radius 3 is 2.93 bits per heavy atom. The van der Waals surface area contributed by atoms with E-state index in [0.29, 0.717) is 17.8 Å². The van der Waals surface area contributed by atoms with E-state index in [2.05, 4.69) is 30.3 Å². The molecule has 82 valence electrons. The van der Waals surface area contributed by atoms with Crippen LogP contribution in [0.15, 0.2) is 24.3 Å². The number of likely N-dealkylation sites (N-methyl/N-ethyl adjacent to an activating group) is 1. The molecule has 0 aromatic heterocycles. The molecule has 2 atom stereocenters. The van der Waals surface area contributed by atoms with Crippen LogP contribution in [0, 0.1) is 0 Å². The van der Waals surface area contributed by atoms with Crippen LogP contribution in [0.5, 0.6) is 5.75 Å². The first-order valence-corrected chi connectivity index (χ1v) is 5.40. The van der Waals surface area contributed by atoms with Crippen LogP contribution >= 0.6 is 0 Å². The summed E-state index contributed by atoms with van der Waals surface area (Å²) < 4.78 is 0. The predicted octanol–water partition coefficient (Wildman–Crippen LogP) is 1.36. The fourth-order valence-corrected chi connectivity index (χ4v) is 2.11. The van der Waals surface area contributed by atoms with Gasteiger partial charge in [-0.05, 0) is 31.7 Å². The van der Waals surface area contributed by atoms with Crippen molar-refractivity contribution in [1.82, 2.24) is 10.2 Å². The molecule has 1 unspecified atom stereocenters. The molecule has 1 heterocycles. The maximum absolute atomic E-state index is 9.46. The van der Waals surface area contributed by atoms with Gasteiger partial charge < -0.3 is 10.4 Å². The van der Waals surface area contributed by atoms with Gasteiger partial charge in [0.1, 0.15) is 5.75 Å². The molecule has 0 amide bonds. The van der Waals surface area contributed by atoms with Crippen LogP contribution in [0.1, 0.15) is 18.5 Å². The van der Waals surface area contributed by atoms with Gasteiger partial charge in [-0.1, -0.05) is 12.1 Å². The van der Waals surface area contributed by atoms with E-state index in [1.54, 1.807) is 6.07 Å². The van der Waals surface area contributed by atoms with Gasteiger partial charge in [-0.25, -0.2) is 0 Å². The highest BCUT2D eigenvalue weighted by Gasteiger charge is 2.25. The van der Waals surface area contributed by atoms with Crippen molar-refractivity contribution in [1.29, 1.82) is 0 Å². The van der Waals surface area contributed by atoms with Crippen LogP contribution in [0.25, 0.3) is 0 Å². The molecule has 0 aliphatic carbocycles. The fraction of sp³-hybridized carbons (Fsp3) is 0.500. The zero-order chi connectivity index (χ0) is 10.8. The fourth-order valence-electron chi connectivity index (χ4n) is 2.11. The summed E-state index contributed by atoms with van der Waals surface area (Å²) in [6.07, 6.45) is 0. The summed E-state index contributed by atoms with van der Waals surface area (Å²) in [6, 6.07) is 8.43. The van der Waals surface area contributed by atoms with Crippen molar-refractivity contribution in [3.63, 3.8) is 0 Å². The number of benzene rings is 1. The van der Waals surface area contributed by atoms with E-state index in [-0.39, 0.29) is 0 Å². The normalized spacial score (nSPS) is 27.9. The molecule has 15 heavy (non-hydrogen) atoms. The lowest BCUT2D eigenvalue weighted by Gasteiger charge is -2.38. The summed E-state index contributed by atoms with van der Waals surface area (Å²) in [5.41, 5.74) is 1.18. The molecule has 3 heteroatoms. The van der Waals surface area contributed by atoms with E-state index in [0.717, 1.165) is 13.1 Å². The lowest BCUT2D eigenvalue weighted by atomic mass is 10.0. The summed E-state index contributed by atoms with van der Waals surface area (Å²) in [5.74, 6) is 0.346. The number of phenols is 1. The molecule has 1 aromatic rings. The molecule has 0 radical (unpaired) electrons. The maximum Gasteiger partial charge on any atom is 0.115 e. The van der Waals surface area contributed by atoms with Gasteiger partial charge in [0, 0.05) is 25.2 Å². The standard InChI is InChI=1S/C12H18N2O/c1-9-7-13-8-12(14(9)2)10-4-3-5-11(15)6-10/h3-6,9,12-13,15H,7-8H2,1-2H3/t9-,12?/m0/s1. The molecular formula is C12H18N2O. The third kappa shape index (κ3) is 2.13.